The van der Waals surface area contributed by atoms with Gasteiger partial charge in [-0.3, -0.25) is 14.5 Å². The second kappa shape index (κ2) is 9.97. The molecule has 5 rings (SSSR count). The molecular weight excluding hydrogens is 469 g/mol. The molecule has 0 bridgehead atoms. The Morgan fingerprint density at radius 3 is 2.63 bits per heavy atom. The summed E-state index contributed by atoms with van der Waals surface area (Å²) in [5, 5.41) is 0.258. The van der Waals surface area contributed by atoms with Gasteiger partial charge in [-0.25, -0.2) is 9.18 Å². The molecule has 0 radical (unpaired) electrons. The van der Waals surface area contributed by atoms with Crippen LogP contribution in [0.3, 0.4) is 0 Å². The zero-order chi connectivity index (χ0) is 24.5. The minimum atomic E-state index is -0.435. The Balaban J connectivity index is 1.30. The Kier molecular flexibility index (Phi) is 6.78. The minimum absolute atomic E-state index is 0.0565. The normalized spacial score (nSPS) is 22.2. The summed E-state index contributed by atoms with van der Waals surface area (Å²) in [7, 11) is 0. The van der Waals surface area contributed by atoms with Gasteiger partial charge in [0.2, 0.25) is 11.8 Å². The predicted octanol–water partition coefficient (Wildman–Crippen LogP) is 4.78. The molecule has 2 aliphatic heterocycles. The summed E-state index contributed by atoms with van der Waals surface area (Å²) in [6.45, 7) is 1.46. The zero-order valence-electron chi connectivity index (χ0n) is 19.6. The highest BCUT2D eigenvalue weighted by molar-refractivity contribution is 6.31. The van der Waals surface area contributed by atoms with E-state index in [-0.39, 0.29) is 48.3 Å². The number of hydrogen-bond donors (Lipinski definition) is 0. The van der Waals surface area contributed by atoms with Gasteiger partial charge >= 0.3 is 6.03 Å². The largest absolute Gasteiger partial charge is 0.338 e. The van der Waals surface area contributed by atoms with Crippen LogP contribution in [0.4, 0.5) is 9.18 Å². The van der Waals surface area contributed by atoms with Gasteiger partial charge in [0.05, 0.1) is 5.92 Å². The molecule has 2 heterocycles. The van der Waals surface area contributed by atoms with Crippen molar-refractivity contribution in [3.05, 3.63) is 70.0 Å². The first-order chi connectivity index (χ1) is 16.9. The Bertz CT molecular complexity index is 1160. The van der Waals surface area contributed by atoms with E-state index in [1.54, 1.807) is 15.9 Å². The van der Waals surface area contributed by atoms with Gasteiger partial charge in [0, 0.05) is 43.7 Å². The molecule has 2 aromatic rings. The van der Waals surface area contributed by atoms with Crippen molar-refractivity contribution in [3.63, 3.8) is 0 Å². The van der Waals surface area contributed by atoms with Gasteiger partial charge in [-0.2, -0.15) is 0 Å². The molecule has 4 amide bonds. The van der Waals surface area contributed by atoms with Crippen LogP contribution in [-0.4, -0.2) is 51.7 Å². The summed E-state index contributed by atoms with van der Waals surface area (Å²) in [4.78, 5) is 44.6. The standard InChI is InChI=1S/C27H29ClFN3O3/c28-23-15-21(29)10-9-20(23)17-32-24-8-4-3-7-22(24)26(34)31(27(32)35)14-12-25(33)30-13-11-18-5-1-2-6-19(18)16-30/h1-2,5-6,9-10,15,22,24H,3-4,7-8,11-14,16-17H2. The van der Waals surface area contributed by atoms with Crippen LogP contribution in [0.15, 0.2) is 42.5 Å². The zero-order valence-corrected chi connectivity index (χ0v) is 20.3. The second-order valence-electron chi connectivity index (χ2n) is 9.68. The second-order valence-corrected chi connectivity index (χ2v) is 10.1. The number of urea groups is 1. The molecule has 3 aliphatic rings. The Hall–Kier alpha value is -2.93. The highest BCUT2D eigenvalue weighted by Gasteiger charge is 2.47. The smallest absolute Gasteiger partial charge is 0.327 e. The molecule has 0 aromatic heterocycles. The average Bonchev–Trinajstić information content (AvgIpc) is 2.87. The molecular formula is C27H29ClFN3O3. The van der Waals surface area contributed by atoms with Crippen LogP contribution in [0.25, 0.3) is 0 Å². The number of halogens is 2. The van der Waals surface area contributed by atoms with Gasteiger partial charge in [-0.05, 0) is 48.1 Å². The van der Waals surface area contributed by atoms with Gasteiger partial charge in [0.1, 0.15) is 5.82 Å². The van der Waals surface area contributed by atoms with Crippen molar-refractivity contribution in [3.8, 4) is 0 Å². The van der Waals surface area contributed by atoms with Gasteiger partial charge in [-0.15, -0.1) is 0 Å². The van der Waals surface area contributed by atoms with E-state index in [0.29, 0.717) is 18.7 Å². The summed E-state index contributed by atoms with van der Waals surface area (Å²) in [5.41, 5.74) is 3.05. The van der Waals surface area contributed by atoms with Gasteiger partial charge < -0.3 is 9.80 Å². The summed E-state index contributed by atoms with van der Waals surface area (Å²) in [5.74, 6) is -0.954. The Morgan fingerprint density at radius 1 is 1.06 bits per heavy atom. The molecule has 2 unspecified atom stereocenters. The fourth-order valence-electron chi connectivity index (χ4n) is 5.66. The summed E-state index contributed by atoms with van der Waals surface area (Å²) in [6, 6.07) is 11.7. The van der Waals surface area contributed by atoms with Crippen LogP contribution in [0.5, 0.6) is 0 Å². The third kappa shape index (κ3) is 4.79. The number of fused-ring (bicyclic) bond motifs is 2. The maximum atomic E-state index is 13.5. The molecule has 2 aromatic carbocycles. The molecule has 35 heavy (non-hydrogen) atoms. The fourth-order valence-corrected chi connectivity index (χ4v) is 5.89. The molecule has 1 saturated carbocycles. The quantitative estimate of drug-likeness (QED) is 0.597. The maximum Gasteiger partial charge on any atom is 0.327 e. The lowest BCUT2D eigenvalue weighted by molar-refractivity contribution is -0.141. The fraction of sp³-hybridized carbons (Fsp3) is 0.444. The van der Waals surface area contributed by atoms with Crippen molar-refractivity contribution in [2.45, 2.75) is 57.7 Å². The van der Waals surface area contributed by atoms with Gasteiger partial charge in [0.15, 0.2) is 0 Å². The molecule has 8 heteroatoms. The first-order valence-electron chi connectivity index (χ1n) is 12.3. The average molecular weight is 498 g/mol. The van der Waals surface area contributed by atoms with Crippen LogP contribution in [0.1, 0.15) is 48.8 Å². The number of carbonyl (C=O) groups excluding carboxylic acids is 3. The lowest BCUT2D eigenvalue weighted by atomic mass is 9.81. The van der Waals surface area contributed by atoms with E-state index in [9.17, 15) is 18.8 Å². The van der Waals surface area contributed by atoms with E-state index in [1.165, 1.54) is 22.6 Å². The third-order valence-electron chi connectivity index (χ3n) is 7.58. The first kappa shape index (κ1) is 23.8. The maximum absolute atomic E-state index is 13.5. The van der Waals surface area contributed by atoms with Crippen molar-refractivity contribution < 1.29 is 18.8 Å². The number of imide groups is 1. The van der Waals surface area contributed by atoms with E-state index in [0.717, 1.165) is 37.7 Å². The number of nitrogens with zero attached hydrogens (tertiary/aromatic N) is 3. The van der Waals surface area contributed by atoms with Crippen molar-refractivity contribution in [2.24, 2.45) is 5.92 Å². The van der Waals surface area contributed by atoms with Gasteiger partial charge in [-0.1, -0.05) is 54.8 Å². The van der Waals surface area contributed by atoms with Crippen molar-refractivity contribution in [1.82, 2.24) is 14.7 Å². The molecule has 184 valence electrons. The molecule has 0 spiro atoms. The summed E-state index contributed by atoms with van der Waals surface area (Å²) in [6.07, 6.45) is 4.26. The third-order valence-corrected chi connectivity index (χ3v) is 7.93. The van der Waals surface area contributed by atoms with Crippen LogP contribution >= 0.6 is 11.6 Å². The molecule has 1 saturated heterocycles. The molecule has 0 N–H and O–H groups in total. The molecule has 6 nitrogen and oxygen atoms in total. The first-order valence-corrected chi connectivity index (χ1v) is 12.7. The van der Waals surface area contributed by atoms with Crippen molar-refractivity contribution in [2.75, 3.05) is 13.1 Å². The van der Waals surface area contributed by atoms with Gasteiger partial charge in [0.25, 0.3) is 0 Å². The van der Waals surface area contributed by atoms with Crippen LogP contribution in [0, 0.1) is 11.7 Å². The SMILES string of the molecule is O=C(CCN1C(=O)C2CCCCC2N(Cc2ccc(F)cc2Cl)C1=O)N1CCc2ccccc2C1. The monoisotopic (exact) mass is 497 g/mol. The lowest BCUT2D eigenvalue weighted by Crippen LogP contribution is -2.62. The van der Waals surface area contributed by atoms with E-state index < -0.39 is 11.8 Å². The van der Waals surface area contributed by atoms with Crippen molar-refractivity contribution in [1.29, 1.82) is 0 Å². The van der Waals surface area contributed by atoms with Crippen LogP contribution in [0.2, 0.25) is 5.02 Å². The molecule has 2 atom stereocenters. The van der Waals surface area contributed by atoms with Crippen molar-refractivity contribution >= 4 is 29.4 Å². The highest BCUT2D eigenvalue weighted by Crippen LogP contribution is 2.36. The van der Waals surface area contributed by atoms with Crippen LogP contribution < -0.4 is 0 Å². The van der Waals surface area contributed by atoms with E-state index >= 15 is 0 Å². The van der Waals surface area contributed by atoms with E-state index in [4.69, 9.17) is 11.6 Å². The number of hydrogen-bond acceptors (Lipinski definition) is 3. The number of carbonyl (C=O) groups is 3. The predicted molar refractivity (Wildman–Crippen MR) is 130 cm³/mol. The number of rotatable bonds is 5. The highest BCUT2D eigenvalue weighted by atomic mass is 35.5. The topological polar surface area (TPSA) is 60.9 Å². The van der Waals surface area contributed by atoms with Crippen LogP contribution in [-0.2, 0) is 29.1 Å². The Labute approximate surface area is 209 Å². The minimum Gasteiger partial charge on any atom is -0.338 e. The molecule has 1 aliphatic carbocycles. The lowest BCUT2D eigenvalue weighted by Gasteiger charge is -2.47. The number of benzene rings is 2. The summed E-state index contributed by atoms with van der Waals surface area (Å²) >= 11 is 6.25. The molecule has 2 fully saturated rings. The number of amides is 4. The summed E-state index contributed by atoms with van der Waals surface area (Å²) < 4.78 is 13.5. The van der Waals surface area contributed by atoms with E-state index in [1.807, 2.05) is 18.2 Å². The van der Waals surface area contributed by atoms with E-state index in [2.05, 4.69) is 6.07 Å². The Morgan fingerprint density at radius 2 is 1.83 bits per heavy atom.